The first-order valence-electron chi connectivity index (χ1n) is 7.86. The van der Waals surface area contributed by atoms with Crippen LogP contribution in [0.5, 0.6) is 0 Å². The van der Waals surface area contributed by atoms with Crippen LogP contribution in [0.15, 0.2) is 40.0 Å². The number of hydrogen-bond donors (Lipinski definition) is 0. The van der Waals surface area contributed by atoms with Crippen molar-refractivity contribution < 1.29 is 20.9 Å². The maximum absolute atomic E-state index is 2.61. The third-order valence-corrected chi connectivity index (χ3v) is 25.1. The summed E-state index contributed by atoms with van der Waals surface area (Å²) in [6.45, 7) is 19.4. The molecule has 0 saturated heterocycles. The van der Waals surface area contributed by atoms with E-state index in [0.717, 1.165) is 0 Å². The van der Waals surface area contributed by atoms with Crippen molar-refractivity contribution in [3.8, 4) is 0 Å². The van der Waals surface area contributed by atoms with Crippen LogP contribution >= 0.6 is 24.8 Å². The molecule has 22 heavy (non-hydrogen) atoms. The molecule has 0 aromatic rings. The van der Waals surface area contributed by atoms with Crippen LogP contribution in [0.1, 0.15) is 54.4 Å². The zero-order valence-electron chi connectivity index (χ0n) is 15.3. The van der Waals surface area contributed by atoms with Gasteiger partial charge in [-0.25, -0.2) is 0 Å². The van der Waals surface area contributed by atoms with Gasteiger partial charge in [-0.1, -0.05) is 0 Å². The van der Waals surface area contributed by atoms with Crippen LogP contribution in [-0.2, 0) is 20.9 Å². The van der Waals surface area contributed by atoms with E-state index in [1.807, 2.05) is 6.56 Å². The Morgan fingerprint density at radius 3 is 1.14 bits per heavy atom. The zero-order valence-corrected chi connectivity index (χ0v) is 20.6. The first-order chi connectivity index (χ1) is 9.25. The molecule has 0 N–H and O–H groups in total. The summed E-state index contributed by atoms with van der Waals surface area (Å²) < 4.78 is 3.89. The topological polar surface area (TPSA) is 0 Å². The molecule has 0 aromatic heterocycles. The minimum atomic E-state index is -1.55. The second kappa shape index (κ2) is 8.65. The van der Waals surface area contributed by atoms with E-state index in [4.69, 9.17) is 0 Å². The van der Waals surface area contributed by atoms with Gasteiger partial charge in [-0.3, -0.25) is 0 Å². The van der Waals surface area contributed by atoms with Crippen molar-refractivity contribution in [1.29, 1.82) is 0 Å². The van der Waals surface area contributed by atoms with Gasteiger partial charge in [0.05, 0.1) is 0 Å². The van der Waals surface area contributed by atoms with Gasteiger partial charge in [0, 0.05) is 0 Å². The van der Waals surface area contributed by atoms with Crippen LogP contribution in [-0.4, -0.2) is 5.92 Å². The van der Waals surface area contributed by atoms with Crippen molar-refractivity contribution in [2.45, 2.75) is 67.5 Å². The fourth-order valence-corrected chi connectivity index (χ4v) is 25.1. The molecule has 0 bridgehead atoms. The van der Waals surface area contributed by atoms with E-state index in [9.17, 15) is 0 Å². The maximum Gasteiger partial charge on any atom is -0.147 e. The van der Waals surface area contributed by atoms with E-state index in [0.29, 0.717) is 0 Å². The predicted molar refractivity (Wildman–Crippen MR) is 105 cm³/mol. The van der Waals surface area contributed by atoms with Gasteiger partial charge in [-0.05, 0) is 0 Å². The summed E-state index contributed by atoms with van der Waals surface area (Å²) >= 11 is -1.55. The molecule has 0 saturated carbocycles. The molecule has 0 radical (unpaired) electrons. The van der Waals surface area contributed by atoms with E-state index in [-0.39, 0.29) is 24.8 Å². The first kappa shape index (κ1) is 22.6. The van der Waals surface area contributed by atoms with Gasteiger partial charge in [0.2, 0.25) is 0 Å². The van der Waals surface area contributed by atoms with E-state index in [1.165, 1.54) is 12.8 Å². The molecular formula is C18H31Cl2SiZr. The van der Waals surface area contributed by atoms with Gasteiger partial charge in [-0.15, -0.1) is 24.8 Å². The smallest absolute Gasteiger partial charge is 0.147 e. The third-order valence-electron chi connectivity index (χ3n) is 5.42. The fourth-order valence-electron chi connectivity index (χ4n) is 3.63. The molecule has 0 heterocycles. The second-order valence-corrected chi connectivity index (χ2v) is 26.2. The molecular weight excluding hydrogens is 406 g/mol. The summed E-state index contributed by atoms with van der Waals surface area (Å²) in [4.78, 5) is 0. The number of hydrogen-bond acceptors (Lipinski definition) is 0. The Morgan fingerprint density at radius 1 is 0.636 bits per heavy atom. The van der Waals surface area contributed by atoms with Crippen molar-refractivity contribution in [2.75, 3.05) is 0 Å². The zero-order chi connectivity index (χ0) is 15.2. The summed E-state index contributed by atoms with van der Waals surface area (Å²) in [5.74, 6) is -0.550. The average Bonchev–Trinajstić information content (AvgIpc) is 2.76. The Morgan fingerprint density at radius 2 is 0.955 bits per heavy atom. The Labute approximate surface area is 158 Å². The van der Waals surface area contributed by atoms with E-state index in [1.54, 1.807) is 33.4 Å². The molecule has 2 aliphatic rings. The summed E-state index contributed by atoms with van der Waals surface area (Å²) in [5.41, 5.74) is 9.85. The maximum atomic E-state index is 2.61. The minimum absolute atomic E-state index is 0. The Balaban J connectivity index is 0.00000220. The summed E-state index contributed by atoms with van der Waals surface area (Å²) in [6, 6.07) is 0. The molecule has 0 unspecified atom stereocenters. The Bertz CT molecular complexity index is 532. The van der Waals surface area contributed by atoms with Crippen LogP contribution in [0.2, 0.25) is 13.1 Å². The standard InChI is InChI=1S/2C8H11.C2H7Si.2ClH.Zr/c2*1-6-4-5-7(2)8(6)3;1-3-2;;;/h2*4H2,1-3H3;3H,1-2H3;2*1H;. The molecule has 0 fully saturated rings. The molecule has 0 aliphatic heterocycles. The van der Waals surface area contributed by atoms with Crippen LogP contribution in [0.25, 0.3) is 0 Å². The van der Waals surface area contributed by atoms with Gasteiger partial charge in [0.15, 0.2) is 0 Å². The average molecular weight is 438 g/mol. The van der Waals surface area contributed by atoms with Crippen molar-refractivity contribution >= 4 is 30.7 Å². The molecule has 0 nitrogen and oxygen atoms in total. The van der Waals surface area contributed by atoms with Crippen LogP contribution in [0.3, 0.4) is 0 Å². The SMILES string of the molecule is CC1=C(C)C(C)=[C]([Zr]([C]2=C(C)C(C)=C(C)C2)[SiH](C)C)C1.Cl.Cl. The number of rotatable bonds is 3. The first-order valence-corrected chi connectivity index (χ1v) is 17.5. The molecule has 0 amide bonds. The quantitative estimate of drug-likeness (QED) is 0.445. The van der Waals surface area contributed by atoms with Crippen LogP contribution in [0.4, 0.5) is 0 Å². The summed E-state index contributed by atoms with van der Waals surface area (Å²) in [5, 5.41) is 0. The van der Waals surface area contributed by atoms with Gasteiger partial charge < -0.3 is 0 Å². The summed E-state index contributed by atoms with van der Waals surface area (Å²) in [6.07, 6.45) is 2.62. The molecule has 125 valence electrons. The molecule has 0 aromatic carbocycles. The van der Waals surface area contributed by atoms with Crippen LogP contribution in [0, 0.1) is 0 Å². The third kappa shape index (κ3) is 4.00. The van der Waals surface area contributed by atoms with Crippen LogP contribution < -0.4 is 0 Å². The minimum Gasteiger partial charge on any atom is -0.147 e. The van der Waals surface area contributed by atoms with Crippen molar-refractivity contribution in [3.05, 3.63) is 40.0 Å². The molecule has 0 spiro atoms. The van der Waals surface area contributed by atoms with Crippen molar-refractivity contribution in [2.24, 2.45) is 0 Å². The van der Waals surface area contributed by atoms with Gasteiger partial charge in [0.25, 0.3) is 0 Å². The van der Waals surface area contributed by atoms with Gasteiger partial charge >= 0.3 is 134 Å². The molecule has 4 heteroatoms. The van der Waals surface area contributed by atoms with Gasteiger partial charge in [-0.2, -0.15) is 0 Å². The van der Waals surface area contributed by atoms with Crippen molar-refractivity contribution in [3.63, 3.8) is 0 Å². The monoisotopic (exact) mass is 435 g/mol. The second-order valence-electron chi connectivity index (χ2n) is 6.94. The van der Waals surface area contributed by atoms with Crippen molar-refractivity contribution in [1.82, 2.24) is 0 Å². The fraction of sp³-hybridized carbons (Fsp3) is 0.556. The molecule has 0 atom stereocenters. The normalized spacial score (nSPS) is 18.4. The Kier molecular flexibility index (Phi) is 8.90. The Hall–Kier alpha value is 0.640. The number of allylic oxidation sites excluding steroid dienone is 8. The largest absolute Gasteiger partial charge is 0.147 e. The van der Waals surface area contributed by atoms with E-state index < -0.39 is 26.8 Å². The molecule has 2 aliphatic carbocycles. The molecule has 2 rings (SSSR count). The summed E-state index contributed by atoms with van der Waals surface area (Å²) in [7, 11) is 0. The van der Waals surface area contributed by atoms with E-state index >= 15 is 0 Å². The predicted octanol–water partition coefficient (Wildman–Crippen LogP) is 6.46. The van der Waals surface area contributed by atoms with Gasteiger partial charge in [0.1, 0.15) is 0 Å². The van der Waals surface area contributed by atoms with E-state index in [2.05, 4.69) is 54.6 Å². The number of halogens is 2.